The zero-order chi connectivity index (χ0) is 19.0. The number of carbonyl (C=O) groups is 3. The van der Waals surface area contributed by atoms with E-state index in [0.717, 1.165) is 19.4 Å². The Morgan fingerprint density at radius 3 is 2.52 bits per heavy atom. The molecule has 1 aliphatic heterocycles. The number of likely N-dealkylation sites (N-methyl/N-ethyl adjacent to an activating group) is 1. The molecule has 8 nitrogen and oxygen atoms in total. The molecule has 140 valence electrons. The summed E-state index contributed by atoms with van der Waals surface area (Å²) >= 11 is 0. The normalized spacial score (nSPS) is 17.6. The fourth-order valence-corrected chi connectivity index (χ4v) is 2.71. The number of nitrogens with one attached hydrogen (secondary N) is 2. The minimum atomic E-state index is -0.944. The van der Waals surface area contributed by atoms with E-state index in [2.05, 4.69) is 10.6 Å². The van der Waals surface area contributed by atoms with Crippen molar-refractivity contribution in [2.24, 2.45) is 5.92 Å². The lowest BCUT2D eigenvalue weighted by molar-refractivity contribution is -0.142. The van der Waals surface area contributed by atoms with E-state index in [0.29, 0.717) is 6.42 Å². The van der Waals surface area contributed by atoms with E-state index in [1.807, 2.05) is 13.8 Å². The predicted octanol–water partition coefficient (Wildman–Crippen LogP) is 0.00630. The Morgan fingerprint density at radius 2 is 2.04 bits per heavy atom. The van der Waals surface area contributed by atoms with Crippen molar-refractivity contribution >= 4 is 23.7 Å². The van der Waals surface area contributed by atoms with Crippen LogP contribution in [0.2, 0.25) is 0 Å². The molecule has 0 bridgehead atoms. The van der Waals surface area contributed by atoms with Crippen LogP contribution in [0.15, 0.2) is 5.70 Å². The third-order valence-corrected chi connectivity index (χ3v) is 4.00. The summed E-state index contributed by atoms with van der Waals surface area (Å²) in [6.07, 6.45) is 2.03. The summed E-state index contributed by atoms with van der Waals surface area (Å²) in [5.74, 6) is -0.195. The van der Waals surface area contributed by atoms with Gasteiger partial charge >= 0.3 is 5.97 Å². The molecule has 0 unspecified atom stereocenters. The maximum atomic E-state index is 12.6. The molecule has 1 aliphatic rings. The van der Waals surface area contributed by atoms with Gasteiger partial charge < -0.3 is 20.3 Å². The largest absolute Gasteiger partial charge is 0.461 e. The standard InChI is InChI=1S/C17H27N3O5/c1-5-25-17(24)13(10-21)19-15(22)14(9-11(2)3)20(4)16(23)12-7-6-8-18-12/h11-12,14,18H,5-9H2,1-4H3,(H,19,22)/t12-,14-/m0/s1. The lowest BCUT2D eigenvalue weighted by Crippen LogP contribution is -2.53. The Morgan fingerprint density at radius 1 is 1.36 bits per heavy atom. The van der Waals surface area contributed by atoms with E-state index in [-0.39, 0.29) is 24.5 Å². The molecule has 2 N–H and O–H groups in total. The van der Waals surface area contributed by atoms with Gasteiger partial charge in [0.05, 0.1) is 12.6 Å². The molecular formula is C17H27N3O5. The van der Waals surface area contributed by atoms with Crippen molar-refractivity contribution in [3.8, 4) is 0 Å². The Kier molecular flexibility index (Phi) is 8.31. The Bertz CT molecular complexity index is 548. The SMILES string of the molecule is CCOC(=O)C(=C=O)NC(=O)[C@H](CC(C)C)N(C)C(=O)[C@@H]1CCCN1. The van der Waals surface area contributed by atoms with Gasteiger partial charge in [-0.15, -0.1) is 0 Å². The Labute approximate surface area is 148 Å². The molecule has 0 spiro atoms. The average Bonchev–Trinajstić information content (AvgIpc) is 3.10. The van der Waals surface area contributed by atoms with Crippen LogP contribution in [0.3, 0.4) is 0 Å². The molecule has 0 aliphatic carbocycles. The molecular weight excluding hydrogens is 326 g/mol. The van der Waals surface area contributed by atoms with Crippen LogP contribution in [0.5, 0.6) is 0 Å². The first-order valence-corrected chi connectivity index (χ1v) is 8.54. The van der Waals surface area contributed by atoms with Crippen LogP contribution in [0, 0.1) is 5.92 Å². The van der Waals surface area contributed by atoms with Crippen molar-refractivity contribution in [2.45, 2.75) is 52.1 Å². The highest BCUT2D eigenvalue weighted by Gasteiger charge is 2.33. The molecule has 2 atom stereocenters. The fraction of sp³-hybridized carbons (Fsp3) is 0.706. The van der Waals surface area contributed by atoms with E-state index in [9.17, 15) is 19.2 Å². The molecule has 1 heterocycles. The maximum Gasteiger partial charge on any atom is 0.366 e. The van der Waals surface area contributed by atoms with Crippen LogP contribution in [-0.4, -0.2) is 60.9 Å². The summed E-state index contributed by atoms with van der Waals surface area (Å²) in [5, 5.41) is 5.36. The van der Waals surface area contributed by atoms with Gasteiger partial charge in [0.25, 0.3) is 0 Å². The predicted molar refractivity (Wildman–Crippen MR) is 91.0 cm³/mol. The summed E-state index contributed by atoms with van der Waals surface area (Å²) in [6, 6.07) is -1.11. The molecule has 25 heavy (non-hydrogen) atoms. The number of rotatable bonds is 8. The molecule has 2 amide bonds. The van der Waals surface area contributed by atoms with E-state index < -0.39 is 23.6 Å². The van der Waals surface area contributed by atoms with E-state index in [4.69, 9.17) is 4.74 Å². The summed E-state index contributed by atoms with van der Waals surface area (Å²) in [6.45, 7) is 6.28. The quantitative estimate of drug-likeness (QED) is 0.362. The number of amides is 2. The number of nitrogens with zero attached hydrogens (tertiary/aromatic N) is 1. The van der Waals surface area contributed by atoms with Crippen molar-refractivity contribution in [1.29, 1.82) is 0 Å². The van der Waals surface area contributed by atoms with Crippen molar-refractivity contribution in [3.63, 3.8) is 0 Å². The first-order valence-electron chi connectivity index (χ1n) is 8.54. The average molecular weight is 353 g/mol. The van der Waals surface area contributed by atoms with Crippen molar-refractivity contribution < 1.29 is 23.9 Å². The summed E-state index contributed by atoms with van der Waals surface area (Å²) in [7, 11) is 1.56. The van der Waals surface area contributed by atoms with E-state index >= 15 is 0 Å². The van der Waals surface area contributed by atoms with E-state index in [1.165, 1.54) is 10.8 Å². The van der Waals surface area contributed by atoms with Gasteiger partial charge in [-0.2, -0.15) is 0 Å². The first kappa shape index (κ1) is 20.9. The minimum absolute atomic E-state index is 0.0705. The fourth-order valence-electron chi connectivity index (χ4n) is 2.71. The second-order valence-corrected chi connectivity index (χ2v) is 6.43. The lowest BCUT2D eigenvalue weighted by atomic mass is 10.0. The van der Waals surface area contributed by atoms with Crippen LogP contribution in [0.1, 0.15) is 40.0 Å². The lowest BCUT2D eigenvalue weighted by Gasteiger charge is -2.30. The topological polar surface area (TPSA) is 105 Å². The van der Waals surface area contributed by atoms with Crippen LogP contribution in [-0.2, 0) is 23.9 Å². The number of ether oxygens (including phenoxy) is 1. The molecule has 0 saturated carbocycles. The molecule has 0 aromatic heterocycles. The second kappa shape index (κ2) is 9.96. The molecule has 0 aromatic carbocycles. The summed E-state index contributed by atoms with van der Waals surface area (Å²) in [5.41, 5.74) is -0.583. The van der Waals surface area contributed by atoms with Gasteiger partial charge in [0.15, 0.2) is 5.94 Å². The van der Waals surface area contributed by atoms with Crippen molar-refractivity contribution in [1.82, 2.24) is 15.5 Å². The summed E-state index contributed by atoms with van der Waals surface area (Å²) in [4.78, 5) is 49.1. The van der Waals surface area contributed by atoms with Crippen LogP contribution < -0.4 is 10.6 Å². The minimum Gasteiger partial charge on any atom is -0.461 e. The number of hydrogen-bond acceptors (Lipinski definition) is 6. The smallest absolute Gasteiger partial charge is 0.366 e. The second-order valence-electron chi connectivity index (χ2n) is 6.43. The summed E-state index contributed by atoms with van der Waals surface area (Å²) < 4.78 is 4.70. The number of esters is 1. The zero-order valence-corrected chi connectivity index (χ0v) is 15.3. The third kappa shape index (κ3) is 5.99. The highest BCUT2D eigenvalue weighted by Crippen LogP contribution is 2.15. The van der Waals surface area contributed by atoms with Crippen LogP contribution in [0.25, 0.3) is 0 Å². The van der Waals surface area contributed by atoms with Crippen molar-refractivity contribution in [2.75, 3.05) is 20.2 Å². The molecule has 1 fully saturated rings. The molecule has 1 rings (SSSR count). The van der Waals surface area contributed by atoms with Gasteiger partial charge in [-0.3, -0.25) is 9.59 Å². The Hall–Kier alpha value is -2.18. The number of carbonyl (C=O) groups excluding carboxylic acids is 4. The van der Waals surface area contributed by atoms with Gasteiger partial charge in [-0.05, 0) is 38.6 Å². The van der Waals surface area contributed by atoms with Crippen LogP contribution in [0.4, 0.5) is 0 Å². The van der Waals surface area contributed by atoms with Crippen molar-refractivity contribution in [3.05, 3.63) is 5.70 Å². The van der Waals surface area contributed by atoms with Crippen LogP contribution >= 0.6 is 0 Å². The Balaban J connectivity index is 2.88. The van der Waals surface area contributed by atoms with Gasteiger partial charge in [0, 0.05) is 7.05 Å². The van der Waals surface area contributed by atoms with E-state index in [1.54, 1.807) is 14.0 Å². The molecule has 0 aromatic rings. The van der Waals surface area contributed by atoms with Gasteiger partial charge in [0.2, 0.25) is 17.5 Å². The monoisotopic (exact) mass is 353 g/mol. The van der Waals surface area contributed by atoms with Gasteiger partial charge in [-0.25, -0.2) is 9.59 Å². The van der Waals surface area contributed by atoms with Gasteiger partial charge in [-0.1, -0.05) is 13.8 Å². The molecule has 0 radical (unpaired) electrons. The zero-order valence-electron chi connectivity index (χ0n) is 15.3. The number of hydrogen-bond donors (Lipinski definition) is 2. The maximum absolute atomic E-state index is 12.6. The highest BCUT2D eigenvalue weighted by molar-refractivity contribution is 6.02. The highest BCUT2D eigenvalue weighted by atomic mass is 16.5. The molecule has 8 heteroatoms. The first-order chi connectivity index (χ1) is 11.8. The third-order valence-electron chi connectivity index (χ3n) is 4.00. The molecule has 1 saturated heterocycles. The van der Waals surface area contributed by atoms with Gasteiger partial charge in [0.1, 0.15) is 6.04 Å².